The number of nitrogens with one attached hydrogen (secondary N) is 2. The third-order valence-electron chi connectivity index (χ3n) is 3.40. The van der Waals surface area contributed by atoms with Crippen LogP contribution in [0.1, 0.15) is 24.3 Å². The molecule has 3 amide bonds. The van der Waals surface area contributed by atoms with Gasteiger partial charge in [0.05, 0.1) is 12.5 Å². The van der Waals surface area contributed by atoms with Crippen molar-refractivity contribution in [1.82, 2.24) is 15.5 Å². The van der Waals surface area contributed by atoms with E-state index >= 15 is 0 Å². The van der Waals surface area contributed by atoms with E-state index in [9.17, 15) is 9.59 Å². The maximum absolute atomic E-state index is 12.4. The fraction of sp³-hybridized carbons (Fsp3) is 0.538. The number of amides is 3. The van der Waals surface area contributed by atoms with Crippen LogP contribution in [-0.2, 0) is 4.79 Å². The lowest BCUT2D eigenvalue weighted by Crippen LogP contribution is -2.52. The van der Waals surface area contributed by atoms with E-state index in [1.54, 1.807) is 0 Å². The molecule has 6 nitrogen and oxygen atoms in total. The van der Waals surface area contributed by atoms with E-state index < -0.39 is 6.03 Å². The molecule has 2 atom stereocenters. The highest BCUT2D eigenvalue weighted by Gasteiger charge is 2.26. The molecule has 1 aromatic rings. The second-order valence-corrected chi connectivity index (χ2v) is 5.90. The molecule has 0 radical (unpaired) electrons. The van der Waals surface area contributed by atoms with Crippen molar-refractivity contribution in [2.75, 3.05) is 19.6 Å². The van der Waals surface area contributed by atoms with Crippen molar-refractivity contribution in [3.8, 4) is 0 Å². The van der Waals surface area contributed by atoms with Gasteiger partial charge in [0.25, 0.3) is 0 Å². The van der Waals surface area contributed by atoms with Gasteiger partial charge < -0.3 is 21.3 Å². The molecule has 1 saturated heterocycles. The maximum atomic E-state index is 12.4. The van der Waals surface area contributed by atoms with Crippen LogP contribution in [-0.4, -0.2) is 42.5 Å². The van der Waals surface area contributed by atoms with Crippen molar-refractivity contribution in [2.45, 2.75) is 25.4 Å². The Morgan fingerprint density at radius 2 is 2.38 bits per heavy atom. The van der Waals surface area contributed by atoms with Crippen molar-refractivity contribution in [3.63, 3.8) is 0 Å². The number of nitrogens with zero attached hydrogens (tertiary/aromatic N) is 1. The summed E-state index contributed by atoms with van der Waals surface area (Å²) in [6.45, 7) is 4.33. The summed E-state index contributed by atoms with van der Waals surface area (Å²) in [6, 6.07) is 3.02. The molecule has 1 aromatic heterocycles. The molecule has 0 saturated carbocycles. The molecule has 4 N–H and O–H groups in total. The standard InChI is InChI=1S/C13H20N4O2S.ClH/c1-9-8-15-4-5-17(9)12(18)7-10(16-13(14)19)11-3-2-6-20-11;/h2-3,6,9-10,15H,4-5,7-8H2,1H3,(H3,14,16,19);1H/t9-,10?;/m1./s1. The minimum Gasteiger partial charge on any atom is -0.352 e. The number of halogens is 1. The summed E-state index contributed by atoms with van der Waals surface area (Å²) in [6.07, 6.45) is 0.244. The molecule has 21 heavy (non-hydrogen) atoms. The van der Waals surface area contributed by atoms with Gasteiger partial charge in [0.15, 0.2) is 0 Å². The van der Waals surface area contributed by atoms with Crippen LogP contribution in [0.2, 0.25) is 0 Å². The highest BCUT2D eigenvalue weighted by molar-refractivity contribution is 7.10. The van der Waals surface area contributed by atoms with Gasteiger partial charge in [0.1, 0.15) is 0 Å². The molecule has 1 aliphatic heterocycles. The number of rotatable bonds is 4. The van der Waals surface area contributed by atoms with Crippen LogP contribution in [0.25, 0.3) is 0 Å². The van der Waals surface area contributed by atoms with E-state index in [2.05, 4.69) is 10.6 Å². The zero-order chi connectivity index (χ0) is 14.5. The monoisotopic (exact) mass is 332 g/mol. The summed E-state index contributed by atoms with van der Waals surface area (Å²) in [7, 11) is 0. The van der Waals surface area contributed by atoms with Crippen LogP contribution < -0.4 is 16.4 Å². The van der Waals surface area contributed by atoms with Crippen LogP contribution in [0, 0.1) is 0 Å². The van der Waals surface area contributed by atoms with Crippen molar-refractivity contribution in [3.05, 3.63) is 22.4 Å². The number of primary amides is 1. The molecular weight excluding hydrogens is 312 g/mol. The molecule has 118 valence electrons. The van der Waals surface area contributed by atoms with Crippen LogP contribution in [0.4, 0.5) is 4.79 Å². The van der Waals surface area contributed by atoms with E-state index in [1.165, 1.54) is 11.3 Å². The predicted octanol–water partition coefficient (Wildman–Crippen LogP) is 1.09. The number of thiophene rings is 1. The second kappa shape index (κ2) is 8.21. The summed E-state index contributed by atoms with van der Waals surface area (Å²) >= 11 is 1.51. The molecule has 0 bridgehead atoms. The number of hydrogen-bond donors (Lipinski definition) is 3. The van der Waals surface area contributed by atoms with Gasteiger partial charge in [-0.05, 0) is 18.4 Å². The molecule has 0 spiro atoms. The first kappa shape index (κ1) is 17.7. The van der Waals surface area contributed by atoms with E-state index in [0.29, 0.717) is 6.54 Å². The third kappa shape index (κ3) is 4.87. The van der Waals surface area contributed by atoms with Crippen molar-refractivity contribution in [2.24, 2.45) is 5.73 Å². The lowest BCUT2D eigenvalue weighted by atomic mass is 10.1. The van der Waals surface area contributed by atoms with E-state index in [-0.39, 0.29) is 36.8 Å². The first-order valence-corrected chi connectivity index (χ1v) is 7.55. The molecule has 0 aromatic carbocycles. The summed E-state index contributed by atoms with van der Waals surface area (Å²) in [5, 5.41) is 7.82. The van der Waals surface area contributed by atoms with Crippen LogP contribution in [0.15, 0.2) is 17.5 Å². The number of piperazine rings is 1. The van der Waals surface area contributed by atoms with Gasteiger partial charge >= 0.3 is 6.03 Å². The minimum absolute atomic E-state index is 0. The molecule has 1 aliphatic rings. The third-order valence-corrected chi connectivity index (χ3v) is 4.39. The van der Waals surface area contributed by atoms with Crippen molar-refractivity contribution < 1.29 is 9.59 Å². The number of hydrogen-bond acceptors (Lipinski definition) is 4. The molecular formula is C13H21ClN4O2S. The second-order valence-electron chi connectivity index (χ2n) is 4.92. The quantitative estimate of drug-likeness (QED) is 0.771. The Hall–Kier alpha value is -1.31. The fourth-order valence-electron chi connectivity index (χ4n) is 2.39. The Balaban J connectivity index is 0.00000220. The van der Waals surface area contributed by atoms with Crippen LogP contribution >= 0.6 is 23.7 Å². The first-order valence-electron chi connectivity index (χ1n) is 6.67. The lowest BCUT2D eigenvalue weighted by molar-refractivity contribution is -0.134. The van der Waals surface area contributed by atoms with Gasteiger partial charge in [-0.15, -0.1) is 23.7 Å². The largest absolute Gasteiger partial charge is 0.352 e. The number of nitrogens with two attached hydrogens (primary N) is 1. The highest BCUT2D eigenvalue weighted by atomic mass is 35.5. The number of carbonyl (C=O) groups is 2. The summed E-state index contributed by atoms with van der Waals surface area (Å²) in [4.78, 5) is 26.3. The molecule has 1 fully saturated rings. The predicted molar refractivity (Wildman–Crippen MR) is 85.7 cm³/mol. The summed E-state index contributed by atoms with van der Waals surface area (Å²) in [5.41, 5.74) is 5.20. The lowest BCUT2D eigenvalue weighted by Gasteiger charge is -2.34. The van der Waals surface area contributed by atoms with Crippen LogP contribution in [0.3, 0.4) is 0 Å². The number of urea groups is 1. The molecule has 2 rings (SSSR count). The van der Waals surface area contributed by atoms with Crippen molar-refractivity contribution >= 4 is 35.7 Å². The Bertz CT molecular complexity index is 469. The maximum Gasteiger partial charge on any atom is 0.312 e. The van der Waals surface area contributed by atoms with Gasteiger partial charge in [0, 0.05) is 30.6 Å². The smallest absolute Gasteiger partial charge is 0.312 e. The zero-order valence-corrected chi connectivity index (χ0v) is 13.5. The van der Waals surface area contributed by atoms with Gasteiger partial charge in [-0.25, -0.2) is 4.79 Å². The highest BCUT2D eigenvalue weighted by Crippen LogP contribution is 2.23. The van der Waals surface area contributed by atoms with Crippen molar-refractivity contribution in [1.29, 1.82) is 0 Å². The first-order chi connectivity index (χ1) is 9.58. The van der Waals surface area contributed by atoms with E-state index in [4.69, 9.17) is 5.73 Å². The van der Waals surface area contributed by atoms with Gasteiger partial charge in [-0.1, -0.05) is 6.07 Å². The molecule has 8 heteroatoms. The summed E-state index contributed by atoms with van der Waals surface area (Å²) < 4.78 is 0. The van der Waals surface area contributed by atoms with Gasteiger partial charge in [-0.3, -0.25) is 4.79 Å². The van der Waals surface area contributed by atoms with E-state index in [0.717, 1.165) is 18.0 Å². The Kier molecular flexibility index (Phi) is 6.94. The Morgan fingerprint density at radius 3 is 2.95 bits per heavy atom. The fourth-order valence-corrected chi connectivity index (χ4v) is 3.17. The molecule has 0 aliphatic carbocycles. The molecule has 1 unspecified atom stereocenters. The molecule has 2 heterocycles. The van der Waals surface area contributed by atoms with E-state index in [1.807, 2.05) is 29.3 Å². The number of carbonyl (C=O) groups excluding carboxylic acids is 2. The Morgan fingerprint density at radius 1 is 1.62 bits per heavy atom. The normalized spacial score (nSPS) is 19.5. The minimum atomic E-state index is -0.607. The van der Waals surface area contributed by atoms with Crippen LogP contribution in [0.5, 0.6) is 0 Å². The Labute approximate surface area is 134 Å². The average Bonchev–Trinajstić information content (AvgIpc) is 2.91. The van der Waals surface area contributed by atoms with Gasteiger partial charge in [0.2, 0.25) is 5.91 Å². The summed E-state index contributed by atoms with van der Waals surface area (Å²) in [5.74, 6) is 0.0474. The zero-order valence-electron chi connectivity index (χ0n) is 11.9. The average molecular weight is 333 g/mol. The SMILES string of the molecule is C[C@@H]1CNCCN1C(=O)CC(NC(N)=O)c1cccs1.Cl. The van der Waals surface area contributed by atoms with Gasteiger partial charge in [-0.2, -0.15) is 0 Å². The topological polar surface area (TPSA) is 87.5 Å².